The topological polar surface area (TPSA) is 29.1 Å². The molecule has 1 N–H and O–H groups in total. The lowest BCUT2D eigenvalue weighted by molar-refractivity contribution is 0.102. The van der Waals surface area contributed by atoms with Crippen LogP contribution in [0, 0.1) is 27.7 Å². The average Bonchev–Trinajstić information content (AvgIpc) is 2.34. The fourth-order valence-corrected chi connectivity index (χ4v) is 2.14. The van der Waals surface area contributed by atoms with Crippen molar-refractivity contribution >= 4 is 11.6 Å². The molecule has 0 aliphatic carbocycles. The predicted octanol–water partition coefficient (Wildman–Crippen LogP) is 4.17. The van der Waals surface area contributed by atoms with Gasteiger partial charge in [-0.05, 0) is 56.5 Å². The quantitative estimate of drug-likeness (QED) is 0.855. The van der Waals surface area contributed by atoms with Gasteiger partial charge in [0, 0.05) is 11.3 Å². The number of rotatable bonds is 2. The van der Waals surface area contributed by atoms with Crippen LogP contribution in [0.25, 0.3) is 0 Å². The third-order valence-corrected chi connectivity index (χ3v) is 3.48. The SMILES string of the molecule is Cc1ccc(C(=O)Nc2cccc(C)c2C)c(C)c1. The van der Waals surface area contributed by atoms with Crippen LogP contribution in [0.4, 0.5) is 5.69 Å². The van der Waals surface area contributed by atoms with Crippen LogP contribution in [-0.4, -0.2) is 5.91 Å². The molecular formula is C17H19NO. The zero-order valence-electron chi connectivity index (χ0n) is 11.9. The maximum atomic E-state index is 12.3. The van der Waals surface area contributed by atoms with Crippen molar-refractivity contribution in [2.24, 2.45) is 0 Å². The monoisotopic (exact) mass is 253 g/mol. The highest BCUT2D eigenvalue weighted by molar-refractivity contribution is 6.05. The van der Waals surface area contributed by atoms with Gasteiger partial charge >= 0.3 is 0 Å². The molecule has 0 saturated carbocycles. The smallest absolute Gasteiger partial charge is 0.255 e. The minimum Gasteiger partial charge on any atom is -0.322 e. The molecule has 0 aliphatic rings. The number of hydrogen-bond acceptors (Lipinski definition) is 1. The van der Waals surface area contributed by atoms with E-state index in [2.05, 4.69) is 5.32 Å². The molecule has 1 amide bonds. The molecule has 0 atom stereocenters. The van der Waals surface area contributed by atoms with Crippen molar-refractivity contribution in [1.29, 1.82) is 0 Å². The highest BCUT2D eigenvalue weighted by atomic mass is 16.1. The van der Waals surface area contributed by atoms with Gasteiger partial charge in [-0.25, -0.2) is 0 Å². The minimum atomic E-state index is -0.0498. The molecular weight excluding hydrogens is 234 g/mol. The van der Waals surface area contributed by atoms with Gasteiger partial charge in [0.05, 0.1) is 0 Å². The van der Waals surface area contributed by atoms with Crippen LogP contribution in [0.3, 0.4) is 0 Å². The third-order valence-electron chi connectivity index (χ3n) is 3.48. The highest BCUT2D eigenvalue weighted by Gasteiger charge is 2.10. The minimum absolute atomic E-state index is 0.0498. The highest BCUT2D eigenvalue weighted by Crippen LogP contribution is 2.20. The summed E-state index contributed by atoms with van der Waals surface area (Å²) in [4.78, 5) is 12.3. The van der Waals surface area contributed by atoms with Gasteiger partial charge in [-0.2, -0.15) is 0 Å². The Kier molecular flexibility index (Phi) is 3.70. The van der Waals surface area contributed by atoms with Crippen molar-refractivity contribution < 1.29 is 4.79 Å². The number of amides is 1. The van der Waals surface area contributed by atoms with E-state index in [1.165, 1.54) is 11.1 Å². The summed E-state index contributed by atoms with van der Waals surface area (Å²) in [6, 6.07) is 11.8. The second-order valence-corrected chi connectivity index (χ2v) is 5.02. The van der Waals surface area contributed by atoms with Crippen LogP contribution in [0.5, 0.6) is 0 Å². The van der Waals surface area contributed by atoms with Crippen LogP contribution in [0.1, 0.15) is 32.6 Å². The normalized spacial score (nSPS) is 10.3. The molecule has 0 bridgehead atoms. The second kappa shape index (κ2) is 5.27. The Morgan fingerprint density at radius 3 is 2.37 bits per heavy atom. The Bertz CT molecular complexity index is 629. The standard InChI is InChI=1S/C17H19NO/c1-11-8-9-15(13(3)10-11)17(19)18-16-7-5-6-12(2)14(16)4/h5-10H,1-4H3,(H,18,19). The first kappa shape index (κ1) is 13.3. The van der Waals surface area contributed by atoms with Crippen molar-refractivity contribution in [2.75, 3.05) is 5.32 Å². The molecule has 0 heterocycles. The summed E-state index contributed by atoms with van der Waals surface area (Å²) in [6.07, 6.45) is 0. The molecule has 2 aromatic rings. The summed E-state index contributed by atoms with van der Waals surface area (Å²) >= 11 is 0. The van der Waals surface area contributed by atoms with Crippen LogP contribution in [0.15, 0.2) is 36.4 Å². The summed E-state index contributed by atoms with van der Waals surface area (Å²) in [6.45, 7) is 8.06. The van der Waals surface area contributed by atoms with Crippen LogP contribution < -0.4 is 5.32 Å². The first-order chi connectivity index (χ1) is 8.99. The molecule has 0 unspecified atom stereocenters. The van der Waals surface area contributed by atoms with Crippen molar-refractivity contribution in [3.63, 3.8) is 0 Å². The second-order valence-electron chi connectivity index (χ2n) is 5.02. The van der Waals surface area contributed by atoms with Gasteiger partial charge in [-0.15, -0.1) is 0 Å². The Hall–Kier alpha value is -2.09. The van der Waals surface area contributed by atoms with Gasteiger partial charge in [-0.1, -0.05) is 29.8 Å². The average molecular weight is 253 g/mol. The van der Waals surface area contributed by atoms with Crippen molar-refractivity contribution in [3.05, 3.63) is 64.2 Å². The molecule has 2 nitrogen and oxygen atoms in total. The van der Waals surface area contributed by atoms with E-state index in [-0.39, 0.29) is 5.91 Å². The summed E-state index contributed by atoms with van der Waals surface area (Å²) in [7, 11) is 0. The maximum absolute atomic E-state index is 12.3. The molecule has 0 spiro atoms. The van der Waals surface area contributed by atoms with E-state index in [4.69, 9.17) is 0 Å². The van der Waals surface area contributed by atoms with Crippen molar-refractivity contribution in [3.8, 4) is 0 Å². The Morgan fingerprint density at radius 2 is 1.68 bits per heavy atom. The predicted molar refractivity (Wildman–Crippen MR) is 79.8 cm³/mol. The molecule has 0 saturated heterocycles. The lowest BCUT2D eigenvalue weighted by atomic mass is 10.0. The first-order valence-electron chi connectivity index (χ1n) is 6.44. The number of hydrogen-bond donors (Lipinski definition) is 1. The number of nitrogens with one attached hydrogen (secondary N) is 1. The molecule has 0 radical (unpaired) electrons. The van der Waals surface area contributed by atoms with Crippen molar-refractivity contribution in [2.45, 2.75) is 27.7 Å². The fourth-order valence-electron chi connectivity index (χ4n) is 2.14. The third kappa shape index (κ3) is 2.84. The summed E-state index contributed by atoms with van der Waals surface area (Å²) in [5.41, 5.74) is 6.07. The molecule has 0 aliphatic heterocycles. The van der Waals surface area contributed by atoms with Gasteiger partial charge in [0.1, 0.15) is 0 Å². The van der Waals surface area contributed by atoms with E-state index in [0.29, 0.717) is 0 Å². The maximum Gasteiger partial charge on any atom is 0.255 e. The fraction of sp³-hybridized carbons (Fsp3) is 0.235. The summed E-state index contributed by atoms with van der Waals surface area (Å²) < 4.78 is 0. The molecule has 2 heteroatoms. The van der Waals surface area contributed by atoms with Gasteiger partial charge in [0.25, 0.3) is 5.91 Å². The van der Waals surface area contributed by atoms with Gasteiger partial charge in [0.2, 0.25) is 0 Å². The molecule has 2 rings (SSSR count). The summed E-state index contributed by atoms with van der Waals surface area (Å²) in [5.74, 6) is -0.0498. The molecule has 0 fully saturated rings. The van der Waals surface area contributed by atoms with E-state index in [9.17, 15) is 4.79 Å². The van der Waals surface area contributed by atoms with Gasteiger partial charge < -0.3 is 5.32 Å². The van der Waals surface area contributed by atoms with Crippen molar-refractivity contribution in [1.82, 2.24) is 0 Å². The van der Waals surface area contributed by atoms with E-state index in [1.807, 2.05) is 64.1 Å². The van der Waals surface area contributed by atoms with E-state index >= 15 is 0 Å². The van der Waals surface area contributed by atoms with E-state index in [1.54, 1.807) is 0 Å². The Labute approximate surface area is 114 Å². The molecule has 2 aromatic carbocycles. The van der Waals surface area contributed by atoms with Crippen LogP contribution in [-0.2, 0) is 0 Å². The Morgan fingerprint density at radius 1 is 0.947 bits per heavy atom. The Balaban J connectivity index is 2.28. The van der Waals surface area contributed by atoms with E-state index in [0.717, 1.165) is 22.4 Å². The number of carbonyl (C=O) groups excluding carboxylic acids is 1. The summed E-state index contributed by atoms with van der Waals surface area (Å²) in [5, 5.41) is 2.99. The lowest BCUT2D eigenvalue weighted by Gasteiger charge is -2.12. The van der Waals surface area contributed by atoms with E-state index < -0.39 is 0 Å². The molecule has 19 heavy (non-hydrogen) atoms. The molecule has 0 aromatic heterocycles. The van der Waals surface area contributed by atoms with Crippen LogP contribution in [0.2, 0.25) is 0 Å². The van der Waals surface area contributed by atoms with Crippen LogP contribution >= 0.6 is 0 Å². The molecule has 98 valence electrons. The number of carbonyl (C=O) groups is 1. The lowest BCUT2D eigenvalue weighted by Crippen LogP contribution is -2.14. The number of benzene rings is 2. The first-order valence-corrected chi connectivity index (χ1v) is 6.44. The number of aryl methyl sites for hydroxylation is 3. The van der Waals surface area contributed by atoms with Gasteiger partial charge in [-0.3, -0.25) is 4.79 Å². The zero-order valence-corrected chi connectivity index (χ0v) is 11.9. The largest absolute Gasteiger partial charge is 0.322 e. The number of anilines is 1. The zero-order chi connectivity index (χ0) is 14.0. The van der Waals surface area contributed by atoms with Gasteiger partial charge in [0.15, 0.2) is 0 Å².